The molecular weight excluding hydrogens is 230 g/mol. The molecule has 1 amide bonds. The predicted octanol–water partition coefficient (Wildman–Crippen LogP) is 0.293. The zero-order valence-corrected chi connectivity index (χ0v) is 8.95. The lowest BCUT2D eigenvalue weighted by atomic mass is 10.4. The standard InChI is InChI=1S/C8H9N5O2S/c9-12-7(14)6-2-1-5(15-6)3-16-8-10-4-11-13-8/h1-2,4H,3,9H2,(H,12,14)(H,10,11,13). The Hall–Kier alpha value is -1.80. The third-order valence-electron chi connectivity index (χ3n) is 1.76. The van der Waals surface area contributed by atoms with Gasteiger partial charge in [0.15, 0.2) is 10.9 Å². The fraction of sp³-hybridized carbons (Fsp3) is 0.125. The van der Waals surface area contributed by atoms with Gasteiger partial charge in [0.2, 0.25) is 0 Å². The number of amides is 1. The van der Waals surface area contributed by atoms with Crippen LogP contribution in [0.25, 0.3) is 0 Å². The SMILES string of the molecule is NNC(=O)c1ccc(CSc2ncn[nH]2)o1. The number of nitrogens with two attached hydrogens (primary N) is 1. The zero-order chi connectivity index (χ0) is 11.4. The second-order valence-corrected chi connectivity index (χ2v) is 3.78. The Bertz CT molecular complexity index is 466. The summed E-state index contributed by atoms with van der Waals surface area (Å²) in [6.45, 7) is 0. The summed E-state index contributed by atoms with van der Waals surface area (Å²) in [4.78, 5) is 15.0. The Morgan fingerprint density at radius 3 is 3.19 bits per heavy atom. The molecule has 7 nitrogen and oxygen atoms in total. The summed E-state index contributed by atoms with van der Waals surface area (Å²) in [5.74, 6) is 5.95. The number of thioether (sulfide) groups is 1. The first-order valence-corrected chi connectivity index (χ1v) is 5.36. The number of hydrogen-bond donors (Lipinski definition) is 3. The quantitative estimate of drug-likeness (QED) is 0.306. The maximum absolute atomic E-state index is 11.1. The topological polar surface area (TPSA) is 110 Å². The molecule has 2 heterocycles. The van der Waals surface area contributed by atoms with Gasteiger partial charge in [-0.1, -0.05) is 11.8 Å². The van der Waals surface area contributed by atoms with Crippen LogP contribution in [0.15, 0.2) is 28.0 Å². The molecule has 0 aliphatic carbocycles. The molecule has 0 unspecified atom stereocenters. The van der Waals surface area contributed by atoms with Gasteiger partial charge < -0.3 is 4.42 Å². The van der Waals surface area contributed by atoms with Gasteiger partial charge in [-0.3, -0.25) is 15.3 Å². The smallest absolute Gasteiger partial charge is 0.300 e. The highest BCUT2D eigenvalue weighted by Crippen LogP contribution is 2.19. The number of rotatable bonds is 4. The second kappa shape index (κ2) is 4.81. The third kappa shape index (κ3) is 2.41. The number of nitrogens with one attached hydrogen (secondary N) is 2. The number of aromatic nitrogens is 3. The van der Waals surface area contributed by atoms with Gasteiger partial charge in [-0.15, -0.1) is 0 Å². The number of hydrazine groups is 1. The number of carbonyl (C=O) groups is 1. The van der Waals surface area contributed by atoms with E-state index in [0.717, 1.165) is 0 Å². The fourth-order valence-electron chi connectivity index (χ4n) is 1.05. The molecule has 2 aromatic heterocycles. The molecule has 0 bridgehead atoms. The molecule has 0 fully saturated rings. The maximum atomic E-state index is 11.1. The van der Waals surface area contributed by atoms with Crippen LogP contribution in [-0.2, 0) is 5.75 Å². The third-order valence-corrected chi connectivity index (χ3v) is 2.66. The van der Waals surface area contributed by atoms with E-state index in [-0.39, 0.29) is 5.76 Å². The van der Waals surface area contributed by atoms with Crippen LogP contribution in [-0.4, -0.2) is 21.1 Å². The van der Waals surface area contributed by atoms with E-state index in [2.05, 4.69) is 15.2 Å². The van der Waals surface area contributed by atoms with E-state index in [1.807, 2.05) is 5.43 Å². The summed E-state index contributed by atoms with van der Waals surface area (Å²) in [6, 6.07) is 3.28. The summed E-state index contributed by atoms with van der Waals surface area (Å²) in [5.41, 5.74) is 2.00. The Morgan fingerprint density at radius 1 is 1.62 bits per heavy atom. The Labute approximate surface area is 94.8 Å². The molecule has 0 radical (unpaired) electrons. The first-order chi connectivity index (χ1) is 7.79. The van der Waals surface area contributed by atoms with Crippen molar-refractivity contribution in [1.82, 2.24) is 20.6 Å². The van der Waals surface area contributed by atoms with Crippen LogP contribution in [0.2, 0.25) is 0 Å². The van der Waals surface area contributed by atoms with Crippen molar-refractivity contribution in [2.45, 2.75) is 10.9 Å². The van der Waals surface area contributed by atoms with Crippen molar-refractivity contribution in [3.63, 3.8) is 0 Å². The summed E-state index contributed by atoms with van der Waals surface area (Å²) in [5, 5.41) is 7.12. The van der Waals surface area contributed by atoms with Crippen LogP contribution in [0.1, 0.15) is 16.3 Å². The highest BCUT2D eigenvalue weighted by atomic mass is 32.2. The number of nitrogens with zero attached hydrogens (tertiary/aromatic N) is 2. The van der Waals surface area contributed by atoms with Gasteiger partial charge in [-0.25, -0.2) is 10.8 Å². The van der Waals surface area contributed by atoms with E-state index in [1.165, 1.54) is 18.1 Å². The Kier molecular flexibility index (Phi) is 3.22. The molecule has 0 atom stereocenters. The van der Waals surface area contributed by atoms with Crippen molar-refractivity contribution in [2.75, 3.05) is 0 Å². The highest BCUT2D eigenvalue weighted by Gasteiger charge is 2.09. The van der Waals surface area contributed by atoms with Gasteiger partial charge >= 0.3 is 5.91 Å². The maximum Gasteiger partial charge on any atom is 0.300 e. The van der Waals surface area contributed by atoms with Crippen LogP contribution < -0.4 is 11.3 Å². The summed E-state index contributed by atoms with van der Waals surface area (Å²) < 4.78 is 5.26. The normalized spacial score (nSPS) is 10.3. The van der Waals surface area contributed by atoms with Crippen molar-refractivity contribution < 1.29 is 9.21 Å². The molecule has 4 N–H and O–H groups in total. The average molecular weight is 239 g/mol. The molecule has 84 valence electrons. The summed E-state index contributed by atoms with van der Waals surface area (Å²) >= 11 is 1.43. The van der Waals surface area contributed by atoms with Crippen molar-refractivity contribution in [2.24, 2.45) is 5.84 Å². The number of aromatic amines is 1. The first-order valence-electron chi connectivity index (χ1n) is 4.37. The van der Waals surface area contributed by atoms with Gasteiger partial charge in [-0.05, 0) is 12.1 Å². The predicted molar refractivity (Wildman–Crippen MR) is 56.3 cm³/mol. The minimum absolute atomic E-state index is 0.190. The molecule has 0 aliphatic heterocycles. The van der Waals surface area contributed by atoms with Crippen LogP contribution in [0.5, 0.6) is 0 Å². The van der Waals surface area contributed by atoms with Gasteiger partial charge in [-0.2, -0.15) is 5.10 Å². The van der Waals surface area contributed by atoms with Crippen LogP contribution in [0.4, 0.5) is 0 Å². The minimum Gasteiger partial charge on any atom is -0.455 e. The van der Waals surface area contributed by atoms with E-state index in [1.54, 1.807) is 12.1 Å². The molecule has 0 spiro atoms. The molecule has 0 saturated carbocycles. The lowest BCUT2D eigenvalue weighted by Crippen LogP contribution is -2.29. The second-order valence-electron chi connectivity index (χ2n) is 2.82. The molecular formula is C8H9N5O2S. The first kappa shape index (κ1) is 10.7. The lowest BCUT2D eigenvalue weighted by Gasteiger charge is -1.95. The molecule has 2 rings (SSSR count). The van der Waals surface area contributed by atoms with E-state index < -0.39 is 5.91 Å². The zero-order valence-electron chi connectivity index (χ0n) is 8.14. The van der Waals surface area contributed by atoms with Gasteiger partial charge in [0.1, 0.15) is 12.1 Å². The van der Waals surface area contributed by atoms with Crippen LogP contribution >= 0.6 is 11.8 Å². The fourth-order valence-corrected chi connectivity index (χ4v) is 1.73. The van der Waals surface area contributed by atoms with E-state index >= 15 is 0 Å². The monoisotopic (exact) mass is 239 g/mol. The average Bonchev–Trinajstić information content (AvgIpc) is 2.96. The van der Waals surface area contributed by atoms with Crippen molar-refractivity contribution in [1.29, 1.82) is 0 Å². The number of H-pyrrole nitrogens is 1. The van der Waals surface area contributed by atoms with Crippen molar-refractivity contribution in [3.8, 4) is 0 Å². The van der Waals surface area contributed by atoms with Crippen LogP contribution in [0, 0.1) is 0 Å². The van der Waals surface area contributed by atoms with E-state index in [9.17, 15) is 4.79 Å². The Balaban J connectivity index is 1.95. The molecule has 16 heavy (non-hydrogen) atoms. The number of hydrogen-bond acceptors (Lipinski definition) is 6. The van der Waals surface area contributed by atoms with E-state index in [4.69, 9.17) is 10.3 Å². The Morgan fingerprint density at radius 2 is 2.50 bits per heavy atom. The molecule has 0 aromatic carbocycles. The van der Waals surface area contributed by atoms with Crippen molar-refractivity contribution in [3.05, 3.63) is 30.0 Å². The molecule has 2 aromatic rings. The summed E-state index contributed by atoms with van der Waals surface area (Å²) in [7, 11) is 0. The summed E-state index contributed by atoms with van der Waals surface area (Å²) in [6.07, 6.45) is 1.43. The largest absolute Gasteiger partial charge is 0.455 e. The van der Waals surface area contributed by atoms with Gasteiger partial charge in [0, 0.05) is 0 Å². The highest BCUT2D eigenvalue weighted by molar-refractivity contribution is 7.98. The minimum atomic E-state index is -0.448. The number of nitrogen functional groups attached to an aromatic ring is 1. The van der Waals surface area contributed by atoms with Gasteiger partial charge in [0.05, 0.1) is 5.75 Å². The molecule has 0 saturated heterocycles. The van der Waals surface area contributed by atoms with Crippen molar-refractivity contribution >= 4 is 17.7 Å². The number of carbonyl (C=O) groups excluding carboxylic acids is 1. The van der Waals surface area contributed by atoms with Gasteiger partial charge in [0.25, 0.3) is 0 Å². The number of furan rings is 1. The lowest BCUT2D eigenvalue weighted by molar-refractivity contribution is 0.0924. The van der Waals surface area contributed by atoms with Crippen LogP contribution in [0.3, 0.4) is 0 Å². The molecule has 8 heteroatoms. The van der Waals surface area contributed by atoms with E-state index in [0.29, 0.717) is 16.7 Å². The molecule has 0 aliphatic rings.